The van der Waals surface area contributed by atoms with Crippen LogP contribution in [0.5, 0.6) is 0 Å². The Morgan fingerprint density at radius 1 is 1.07 bits per heavy atom. The third-order valence-electron chi connectivity index (χ3n) is 3.85. The van der Waals surface area contributed by atoms with Crippen LogP contribution < -0.4 is 11.2 Å². The molecule has 2 aromatic carbocycles. The predicted octanol–water partition coefficient (Wildman–Crippen LogP) is 2.52. The van der Waals surface area contributed by atoms with Crippen LogP contribution in [0.4, 0.5) is 5.69 Å². The van der Waals surface area contributed by atoms with E-state index in [2.05, 4.69) is 15.5 Å². The van der Waals surface area contributed by atoms with Gasteiger partial charge in [-0.3, -0.25) is 9.59 Å². The van der Waals surface area contributed by atoms with Gasteiger partial charge in [0.15, 0.2) is 11.6 Å². The van der Waals surface area contributed by atoms with E-state index in [0.29, 0.717) is 28.7 Å². The lowest BCUT2D eigenvalue weighted by molar-refractivity contribution is -0.113. The molecular weight excluding hydrogens is 362 g/mol. The number of hydrogen-bond acceptors (Lipinski definition) is 6. The highest BCUT2D eigenvalue weighted by atomic mass is 32.2. The number of anilines is 1. The number of nitrogens with two attached hydrogens (primary N) is 1. The first-order valence-corrected chi connectivity index (χ1v) is 9.28. The minimum absolute atomic E-state index is 0.0166. The van der Waals surface area contributed by atoms with E-state index in [-0.39, 0.29) is 17.4 Å². The Morgan fingerprint density at radius 3 is 2.44 bits per heavy atom. The van der Waals surface area contributed by atoms with Crippen molar-refractivity contribution >= 4 is 29.1 Å². The largest absolute Gasteiger partial charge is 0.336 e. The van der Waals surface area contributed by atoms with Gasteiger partial charge in [-0.05, 0) is 36.8 Å². The Balaban J connectivity index is 1.55. The van der Waals surface area contributed by atoms with Gasteiger partial charge in [0.05, 0.1) is 5.75 Å². The number of nitrogens with one attached hydrogen (secondary N) is 1. The lowest BCUT2D eigenvalue weighted by Crippen LogP contribution is -2.17. The minimum Gasteiger partial charge on any atom is -0.336 e. The molecule has 0 atom stereocenters. The van der Waals surface area contributed by atoms with Crippen LogP contribution in [0.1, 0.15) is 28.7 Å². The molecule has 0 aliphatic carbocycles. The minimum atomic E-state index is -0.191. The predicted molar refractivity (Wildman–Crippen MR) is 105 cm³/mol. The molecule has 0 spiro atoms. The first kappa shape index (κ1) is 18.7. The van der Waals surface area contributed by atoms with E-state index in [4.69, 9.17) is 5.84 Å². The molecule has 0 saturated carbocycles. The Labute approximate surface area is 161 Å². The van der Waals surface area contributed by atoms with Gasteiger partial charge >= 0.3 is 0 Å². The summed E-state index contributed by atoms with van der Waals surface area (Å²) >= 11 is 1.21. The number of carbonyl (C=O) groups excluding carboxylic acids is 2. The van der Waals surface area contributed by atoms with Crippen molar-refractivity contribution in [3.05, 3.63) is 71.5 Å². The molecule has 1 amide bonds. The maximum atomic E-state index is 12.1. The first-order chi connectivity index (χ1) is 13.0. The summed E-state index contributed by atoms with van der Waals surface area (Å²) in [6, 6.07) is 16.6. The fourth-order valence-corrected chi connectivity index (χ4v) is 3.10. The number of nitrogens with zero attached hydrogens (tertiary/aromatic N) is 3. The lowest BCUT2D eigenvalue weighted by Gasteiger charge is -2.06. The van der Waals surface area contributed by atoms with Gasteiger partial charge in [-0.15, -0.1) is 10.2 Å². The third-order valence-corrected chi connectivity index (χ3v) is 4.79. The average Bonchev–Trinajstić information content (AvgIpc) is 3.01. The van der Waals surface area contributed by atoms with Crippen LogP contribution in [0.3, 0.4) is 0 Å². The molecule has 3 N–H and O–H groups in total. The molecule has 0 unspecified atom stereocenters. The molecule has 27 heavy (non-hydrogen) atoms. The molecule has 0 saturated heterocycles. The fraction of sp³-hybridized carbons (Fsp3) is 0.158. The van der Waals surface area contributed by atoms with Crippen molar-refractivity contribution in [1.82, 2.24) is 14.9 Å². The van der Waals surface area contributed by atoms with Crippen molar-refractivity contribution in [1.29, 1.82) is 0 Å². The van der Waals surface area contributed by atoms with Crippen molar-refractivity contribution in [3.63, 3.8) is 0 Å². The summed E-state index contributed by atoms with van der Waals surface area (Å²) < 4.78 is 1.41. The Bertz CT molecular complexity index is 938. The molecule has 0 aliphatic heterocycles. The third kappa shape index (κ3) is 4.95. The first-order valence-electron chi connectivity index (χ1n) is 8.30. The number of amides is 1. The summed E-state index contributed by atoms with van der Waals surface area (Å²) in [5, 5.41) is 11.4. The number of nitrogen functional groups attached to an aromatic ring is 1. The Kier molecular flexibility index (Phi) is 5.87. The van der Waals surface area contributed by atoms with Crippen LogP contribution in [0.25, 0.3) is 0 Å². The average molecular weight is 381 g/mol. The molecule has 1 heterocycles. The van der Waals surface area contributed by atoms with Crippen LogP contribution in [0, 0.1) is 0 Å². The molecule has 0 aliphatic rings. The topological polar surface area (TPSA) is 103 Å². The zero-order valence-electron chi connectivity index (χ0n) is 14.8. The zero-order chi connectivity index (χ0) is 19.2. The molecule has 0 radical (unpaired) electrons. The zero-order valence-corrected chi connectivity index (χ0v) is 15.6. The van der Waals surface area contributed by atoms with Crippen molar-refractivity contribution < 1.29 is 9.59 Å². The molecule has 0 bridgehead atoms. The number of carbonyl (C=O) groups is 2. The lowest BCUT2D eigenvalue weighted by atomic mass is 10.1. The molecule has 8 heteroatoms. The number of aromatic nitrogens is 3. The number of hydrogen-bond donors (Lipinski definition) is 2. The normalized spacial score (nSPS) is 10.6. The van der Waals surface area contributed by atoms with Gasteiger partial charge in [0.1, 0.15) is 0 Å². The Morgan fingerprint density at radius 2 is 1.78 bits per heavy atom. The SMILES string of the molecule is CC(=O)c1ccc(NC(=O)CSc2nnc(Cc3ccccc3)n2N)cc1. The van der Waals surface area contributed by atoms with Crippen molar-refractivity contribution in [2.45, 2.75) is 18.5 Å². The molecule has 3 aromatic rings. The Hall–Kier alpha value is -3.13. The van der Waals surface area contributed by atoms with Crippen LogP contribution >= 0.6 is 11.8 Å². The summed E-state index contributed by atoms with van der Waals surface area (Å²) in [5.41, 5.74) is 2.31. The van der Waals surface area contributed by atoms with E-state index in [1.807, 2.05) is 30.3 Å². The van der Waals surface area contributed by atoms with Crippen molar-refractivity contribution in [2.24, 2.45) is 0 Å². The molecule has 7 nitrogen and oxygen atoms in total. The quantitative estimate of drug-likeness (QED) is 0.370. The van der Waals surface area contributed by atoms with Gasteiger partial charge < -0.3 is 11.2 Å². The van der Waals surface area contributed by atoms with E-state index < -0.39 is 0 Å². The second-order valence-electron chi connectivity index (χ2n) is 5.90. The second kappa shape index (κ2) is 8.50. The van der Waals surface area contributed by atoms with Crippen LogP contribution in [-0.2, 0) is 11.2 Å². The van der Waals surface area contributed by atoms with Crippen molar-refractivity contribution in [2.75, 3.05) is 16.9 Å². The maximum Gasteiger partial charge on any atom is 0.234 e. The van der Waals surface area contributed by atoms with Gasteiger partial charge in [-0.1, -0.05) is 42.1 Å². The number of ketones is 1. The monoisotopic (exact) mass is 381 g/mol. The van der Waals surface area contributed by atoms with E-state index in [1.165, 1.54) is 23.4 Å². The summed E-state index contributed by atoms with van der Waals surface area (Å²) in [6.45, 7) is 1.50. The van der Waals surface area contributed by atoms with E-state index in [0.717, 1.165) is 5.56 Å². The van der Waals surface area contributed by atoms with E-state index in [1.54, 1.807) is 24.3 Å². The number of Topliss-reactive ketones (excluding diaryl/α,β-unsaturated/α-hetero) is 1. The van der Waals surface area contributed by atoms with Gasteiger partial charge in [-0.2, -0.15) is 0 Å². The van der Waals surface area contributed by atoms with Crippen LogP contribution in [-0.4, -0.2) is 32.3 Å². The highest BCUT2D eigenvalue weighted by Gasteiger charge is 2.13. The standard InChI is InChI=1S/C19H19N5O2S/c1-13(25)15-7-9-16(10-8-15)21-18(26)12-27-19-23-22-17(24(19)20)11-14-5-3-2-4-6-14/h2-10H,11-12,20H2,1H3,(H,21,26). The number of benzene rings is 2. The van der Waals surface area contributed by atoms with Gasteiger partial charge in [0.25, 0.3) is 0 Å². The molecule has 1 aromatic heterocycles. The van der Waals surface area contributed by atoms with Gasteiger partial charge in [0, 0.05) is 17.7 Å². The smallest absolute Gasteiger partial charge is 0.234 e. The summed E-state index contributed by atoms with van der Waals surface area (Å²) in [7, 11) is 0. The summed E-state index contributed by atoms with van der Waals surface area (Å²) in [5.74, 6) is 6.61. The van der Waals surface area contributed by atoms with E-state index in [9.17, 15) is 9.59 Å². The van der Waals surface area contributed by atoms with Gasteiger partial charge in [0.2, 0.25) is 11.1 Å². The maximum absolute atomic E-state index is 12.1. The van der Waals surface area contributed by atoms with E-state index >= 15 is 0 Å². The fourth-order valence-electron chi connectivity index (χ4n) is 2.42. The second-order valence-corrected chi connectivity index (χ2v) is 6.84. The highest BCUT2D eigenvalue weighted by molar-refractivity contribution is 7.99. The highest BCUT2D eigenvalue weighted by Crippen LogP contribution is 2.17. The molecular formula is C19H19N5O2S. The van der Waals surface area contributed by atoms with Crippen LogP contribution in [0.15, 0.2) is 59.8 Å². The molecule has 0 fully saturated rings. The van der Waals surface area contributed by atoms with Crippen molar-refractivity contribution in [3.8, 4) is 0 Å². The van der Waals surface area contributed by atoms with Crippen LogP contribution in [0.2, 0.25) is 0 Å². The van der Waals surface area contributed by atoms with Gasteiger partial charge in [-0.25, -0.2) is 4.68 Å². The number of rotatable bonds is 7. The number of thioether (sulfide) groups is 1. The summed E-state index contributed by atoms with van der Waals surface area (Å²) in [6.07, 6.45) is 0.569. The molecule has 138 valence electrons. The summed E-state index contributed by atoms with van der Waals surface area (Å²) in [4.78, 5) is 23.4. The molecule has 3 rings (SSSR count).